The summed E-state index contributed by atoms with van der Waals surface area (Å²) in [5.74, 6) is 0.370. The first-order valence-corrected chi connectivity index (χ1v) is 9.74. The molecule has 3 aliphatic rings. The third-order valence-electron chi connectivity index (χ3n) is 5.46. The Bertz CT molecular complexity index is 673. The summed E-state index contributed by atoms with van der Waals surface area (Å²) in [5.41, 5.74) is 3.52. The number of hydrogen-bond donors (Lipinski definition) is 3. The van der Waals surface area contributed by atoms with Gasteiger partial charge in [0.05, 0.1) is 18.8 Å². The molecule has 1 saturated carbocycles. The molecule has 4 rings (SSSR count). The molecule has 1 aliphatic carbocycles. The van der Waals surface area contributed by atoms with Crippen LogP contribution in [0.1, 0.15) is 37.7 Å². The second-order valence-electron chi connectivity index (χ2n) is 7.43. The van der Waals surface area contributed by atoms with E-state index in [9.17, 15) is 4.79 Å². The molecule has 146 valence electrons. The van der Waals surface area contributed by atoms with Crippen LogP contribution in [0.3, 0.4) is 0 Å². The topological polar surface area (TPSA) is 80.9 Å². The van der Waals surface area contributed by atoms with Crippen LogP contribution in [-0.4, -0.2) is 36.9 Å². The standard InChI is InChI=1S/C20H27N3O4/c24-19(26-18-13-20(27-23-18)9-11-21-12-10-20)22-16-7-4-8-17(16)25-14-15-5-2-1-3-6-15/h1-3,5-6,13,16-17,21,23H,4,7-12,14H2,(H,22,24)/t16?,17-/m1/s1. The van der Waals surface area contributed by atoms with E-state index in [1.54, 1.807) is 0 Å². The number of carbonyl (C=O) groups excluding carboxylic acids is 1. The van der Waals surface area contributed by atoms with Crippen LogP contribution in [0.2, 0.25) is 0 Å². The largest absolute Gasteiger partial charge is 0.414 e. The minimum absolute atomic E-state index is 0.00952. The Morgan fingerprint density at radius 1 is 1.22 bits per heavy atom. The predicted octanol–water partition coefficient (Wildman–Crippen LogP) is 2.35. The Morgan fingerprint density at radius 3 is 2.85 bits per heavy atom. The van der Waals surface area contributed by atoms with Gasteiger partial charge in [0, 0.05) is 6.08 Å². The Morgan fingerprint density at radius 2 is 2.04 bits per heavy atom. The van der Waals surface area contributed by atoms with Crippen molar-refractivity contribution in [3.05, 3.63) is 47.9 Å². The minimum atomic E-state index is -0.469. The van der Waals surface area contributed by atoms with Crippen molar-refractivity contribution >= 4 is 6.09 Å². The summed E-state index contributed by atoms with van der Waals surface area (Å²) in [5, 5.41) is 6.25. The first kappa shape index (κ1) is 18.3. The Hall–Kier alpha value is -2.09. The number of amides is 1. The van der Waals surface area contributed by atoms with Crippen molar-refractivity contribution in [3.63, 3.8) is 0 Å². The fourth-order valence-corrected chi connectivity index (χ4v) is 3.95. The lowest BCUT2D eigenvalue weighted by Crippen LogP contribution is -2.42. The SMILES string of the molecule is O=C(NC1CCC[C@H]1OCc1ccccc1)OC1=CC2(CCNCC2)ON1. The van der Waals surface area contributed by atoms with Crippen molar-refractivity contribution in [2.75, 3.05) is 13.1 Å². The number of hydroxylamine groups is 1. The zero-order valence-electron chi connectivity index (χ0n) is 15.4. The van der Waals surface area contributed by atoms with Gasteiger partial charge in [0.1, 0.15) is 5.60 Å². The zero-order valence-corrected chi connectivity index (χ0v) is 15.4. The second kappa shape index (κ2) is 8.29. The quantitative estimate of drug-likeness (QED) is 0.735. The number of hydrogen-bond acceptors (Lipinski definition) is 6. The van der Waals surface area contributed by atoms with Crippen molar-refractivity contribution in [1.29, 1.82) is 0 Å². The van der Waals surface area contributed by atoms with E-state index >= 15 is 0 Å². The molecule has 1 unspecified atom stereocenters. The van der Waals surface area contributed by atoms with Crippen LogP contribution in [-0.2, 0) is 20.9 Å². The maximum absolute atomic E-state index is 12.3. The first-order valence-electron chi connectivity index (χ1n) is 9.74. The highest BCUT2D eigenvalue weighted by Gasteiger charge is 2.38. The molecule has 1 saturated heterocycles. The molecule has 7 nitrogen and oxygen atoms in total. The molecule has 7 heteroatoms. The Kier molecular flexibility index (Phi) is 5.61. The van der Waals surface area contributed by atoms with E-state index < -0.39 is 6.09 Å². The van der Waals surface area contributed by atoms with E-state index in [1.165, 1.54) is 0 Å². The van der Waals surface area contributed by atoms with Gasteiger partial charge in [-0.15, -0.1) is 0 Å². The van der Waals surface area contributed by atoms with Crippen LogP contribution in [0.25, 0.3) is 0 Å². The number of benzene rings is 1. The lowest BCUT2D eigenvalue weighted by molar-refractivity contribution is -0.0655. The van der Waals surface area contributed by atoms with Crippen LogP contribution >= 0.6 is 0 Å². The summed E-state index contributed by atoms with van der Waals surface area (Å²) in [7, 11) is 0. The van der Waals surface area contributed by atoms with Crippen LogP contribution < -0.4 is 16.1 Å². The third kappa shape index (κ3) is 4.61. The van der Waals surface area contributed by atoms with Gasteiger partial charge in [-0.1, -0.05) is 30.3 Å². The molecule has 3 N–H and O–H groups in total. The van der Waals surface area contributed by atoms with Gasteiger partial charge in [-0.2, -0.15) is 0 Å². The number of alkyl carbamates (subject to hydrolysis) is 1. The monoisotopic (exact) mass is 373 g/mol. The lowest BCUT2D eigenvalue weighted by atomic mass is 9.93. The summed E-state index contributed by atoms with van der Waals surface area (Å²) < 4.78 is 11.4. The van der Waals surface area contributed by atoms with Crippen LogP contribution in [0.15, 0.2) is 42.3 Å². The van der Waals surface area contributed by atoms with E-state index in [0.717, 1.165) is 50.8 Å². The van der Waals surface area contributed by atoms with Gasteiger partial charge in [-0.05, 0) is 50.8 Å². The van der Waals surface area contributed by atoms with Gasteiger partial charge in [-0.3, -0.25) is 4.84 Å². The summed E-state index contributed by atoms with van der Waals surface area (Å²) in [6, 6.07) is 10.0. The molecule has 2 atom stereocenters. The van der Waals surface area contributed by atoms with Crippen LogP contribution in [0.4, 0.5) is 4.79 Å². The van der Waals surface area contributed by atoms with Crippen LogP contribution in [0, 0.1) is 0 Å². The Balaban J connectivity index is 1.26. The molecule has 0 bridgehead atoms. The van der Waals surface area contributed by atoms with E-state index in [1.807, 2.05) is 36.4 Å². The maximum Gasteiger partial charge on any atom is 0.414 e. The summed E-state index contributed by atoms with van der Waals surface area (Å²) >= 11 is 0. The van der Waals surface area contributed by atoms with Crippen molar-refractivity contribution in [3.8, 4) is 0 Å². The second-order valence-corrected chi connectivity index (χ2v) is 7.43. The zero-order chi connectivity index (χ0) is 18.5. The number of carbonyl (C=O) groups is 1. The number of ether oxygens (including phenoxy) is 2. The fourth-order valence-electron chi connectivity index (χ4n) is 3.95. The smallest absolute Gasteiger partial charge is 0.392 e. The molecular formula is C20H27N3O4. The summed E-state index contributed by atoms with van der Waals surface area (Å²) in [4.78, 5) is 18.0. The molecule has 27 heavy (non-hydrogen) atoms. The minimum Gasteiger partial charge on any atom is -0.392 e. The molecule has 0 radical (unpaired) electrons. The van der Waals surface area contributed by atoms with E-state index in [4.69, 9.17) is 14.3 Å². The molecule has 1 spiro atoms. The normalized spacial score (nSPS) is 26.4. The average molecular weight is 373 g/mol. The molecular weight excluding hydrogens is 346 g/mol. The van der Waals surface area contributed by atoms with E-state index in [2.05, 4.69) is 16.1 Å². The predicted molar refractivity (Wildman–Crippen MR) is 99.4 cm³/mol. The van der Waals surface area contributed by atoms with E-state index in [0.29, 0.717) is 12.5 Å². The van der Waals surface area contributed by atoms with Gasteiger partial charge in [0.15, 0.2) is 0 Å². The Labute approximate surface area is 159 Å². The average Bonchev–Trinajstić information content (AvgIpc) is 3.28. The summed E-state index contributed by atoms with van der Waals surface area (Å²) in [6.07, 6.45) is 6.00. The number of nitrogens with one attached hydrogen (secondary N) is 3. The van der Waals surface area contributed by atoms with Gasteiger partial charge >= 0.3 is 6.09 Å². The van der Waals surface area contributed by atoms with Gasteiger partial charge in [0.2, 0.25) is 5.88 Å². The van der Waals surface area contributed by atoms with Gasteiger partial charge < -0.3 is 20.1 Å². The van der Waals surface area contributed by atoms with Crippen molar-refractivity contribution in [1.82, 2.24) is 16.1 Å². The maximum atomic E-state index is 12.3. The fraction of sp³-hybridized carbons (Fsp3) is 0.550. The van der Waals surface area contributed by atoms with Crippen molar-refractivity contribution in [2.24, 2.45) is 0 Å². The number of piperidine rings is 1. The van der Waals surface area contributed by atoms with Crippen LogP contribution in [0.5, 0.6) is 0 Å². The molecule has 1 amide bonds. The highest BCUT2D eigenvalue weighted by Crippen LogP contribution is 2.30. The number of rotatable bonds is 5. The molecule has 1 aromatic rings. The van der Waals surface area contributed by atoms with Gasteiger partial charge in [-0.25, -0.2) is 10.3 Å². The highest BCUT2D eigenvalue weighted by atomic mass is 16.7. The molecule has 2 fully saturated rings. The van der Waals surface area contributed by atoms with E-state index in [-0.39, 0.29) is 17.7 Å². The molecule has 0 aromatic heterocycles. The first-order chi connectivity index (χ1) is 13.2. The van der Waals surface area contributed by atoms with Crippen molar-refractivity contribution in [2.45, 2.75) is 56.5 Å². The van der Waals surface area contributed by atoms with Gasteiger partial charge in [0.25, 0.3) is 0 Å². The highest BCUT2D eigenvalue weighted by molar-refractivity contribution is 5.69. The van der Waals surface area contributed by atoms with Crippen molar-refractivity contribution < 1.29 is 19.1 Å². The third-order valence-corrected chi connectivity index (χ3v) is 5.46. The summed E-state index contributed by atoms with van der Waals surface area (Å²) in [6.45, 7) is 2.33. The molecule has 1 aromatic carbocycles. The molecule has 2 heterocycles. The molecule has 2 aliphatic heterocycles. The lowest BCUT2D eigenvalue weighted by Gasteiger charge is -2.29.